The lowest BCUT2D eigenvalue weighted by Gasteiger charge is -2.25. The van der Waals surface area contributed by atoms with Crippen LogP contribution in [0.2, 0.25) is 0 Å². The molecule has 1 amide bonds. The Balaban J connectivity index is 1.57. The summed E-state index contributed by atoms with van der Waals surface area (Å²) in [4.78, 5) is 30.7. The zero-order valence-corrected chi connectivity index (χ0v) is 16.9. The standard InChI is InChI=1S/C22H19FN6O2/c1-15(16-3-7-18(8-4-16)28-14-24-13-25-28)27(2)22(31)20-11-12-21(30)29(26-20)19-9-5-17(23)6-10-19/h3-15H,1-2H3. The molecule has 31 heavy (non-hydrogen) atoms. The van der Waals surface area contributed by atoms with Crippen LogP contribution in [0.15, 0.2) is 78.1 Å². The fraction of sp³-hybridized carbons (Fsp3) is 0.136. The fourth-order valence-corrected chi connectivity index (χ4v) is 3.12. The quantitative estimate of drug-likeness (QED) is 0.498. The fourth-order valence-electron chi connectivity index (χ4n) is 3.12. The van der Waals surface area contributed by atoms with Gasteiger partial charge >= 0.3 is 0 Å². The zero-order valence-electron chi connectivity index (χ0n) is 16.9. The molecule has 0 aliphatic heterocycles. The highest BCUT2D eigenvalue weighted by atomic mass is 19.1. The molecule has 0 saturated heterocycles. The molecule has 2 aromatic carbocycles. The summed E-state index contributed by atoms with van der Waals surface area (Å²) in [6.45, 7) is 1.90. The normalized spacial score (nSPS) is 11.8. The summed E-state index contributed by atoms with van der Waals surface area (Å²) in [5.41, 5.74) is 1.85. The number of aromatic nitrogens is 5. The van der Waals surface area contributed by atoms with Crippen LogP contribution in [-0.2, 0) is 0 Å². The molecule has 0 aliphatic carbocycles. The van der Waals surface area contributed by atoms with Gasteiger partial charge in [-0.05, 0) is 55.0 Å². The maximum absolute atomic E-state index is 13.2. The van der Waals surface area contributed by atoms with Crippen molar-refractivity contribution in [1.82, 2.24) is 29.4 Å². The first kappa shape index (κ1) is 20.1. The lowest BCUT2D eigenvalue weighted by atomic mass is 10.1. The molecular weight excluding hydrogens is 399 g/mol. The van der Waals surface area contributed by atoms with Crippen LogP contribution >= 0.6 is 0 Å². The second-order valence-electron chi connectivity index (χ2n) is 6.97. The Labute approximate surface area is 177 Å². The number of halogens is 1. The van der Waals surface area contributed by atoms with Gasteiger partial charge in [0.25, 0.3) is 11.5 Å². The molecule has 4 rings (SSSR count). The molecule has 8 nitrogen and oxygen atoms in total. The molecule has 1 unspecified atom stereocenters. The minimum atomic E-state index is -0.424. The van der Waals surface area contributed by atoms with Crippen molar-refractivity contribution in [2.45, 2.75) is 13.0 Å². The second kappa shape index (κ2) is 8.31. The van der Waals surface area contributed by atoms with Crippen LogP contribution in [0.25, 0.3) is 11.4 Å². The molecular formula is C22H19FN6O2. The van der Waals surface area contributed by atoms with Crippen molar-refractivity contribution in [3.05, 3.63) is 101 Å². The van der Waals surface area contributed by atoms with Crippen LogP contribution in [0, 0.1) is 5.82 Å². The number of benzene rings is 2. The number of carbonyl (C=O) groups excluding carboxylic acids is 1. The topological polar surface area (TPSA) is 85.9 Å². The van der Waals surface area contributed by atoms with Crippen molar-refractivity contribution in [3.8, 4) is 11.4 Å². The second-order valence-corrected chi connectivity index (χ2v) is 6.97. The van der Waals surface area contributed by atoms with Crippen LogP contribution in [-0.4, -0.2) is 42.4 Å². The minimum absolute atomic E-state index is 0.109. The van der Waals surface area contributed by atoms with E-state index in [9.17, 15) is 14.0 Å². The molecule has 0 N–H and O–H groups in total. The molecule has 0 saturated carbocycles. The van der Waals surface area contributed by atoms with E-state index in [0.717, 1.165) is 15.9 Å². The van der Waals surface area contributed by atoms with Crippen molar-refractivity contribution < 1.29 is 9.18 Å². The van der Waals surface area contributed by atoms with Crippen LogP contribution in [0.3, 0.4) is 0 Å². The highest BCUT2D eigenvalue weighted by Crippen LogP contribution is 2.21. The van der Waals surface area contributed by atoms with Crippen LogP contribution in [0.5, 0.6) is 0 Å². The Bertz CT molecular complexity index is 1250. The van der Waals surface area contributed by atoms with Crippen molar-refractivity contribution in [3.63, 3.8) is 0 Å². The third-order valence-electron chi connectivity index (χ3n) is 5.05. The third-order valence-corrected chi connectivity index (χ3v) is 5.05. The maximum atomic E-state index is 13.2. The lowest BCUT2D eigenvalue weighted by Crippen LogP contribution is -2.32. The molecule has 2 aromatic heterocycles. The van der Waals surface area contributed by atoms with Crippen molar-refractivity contribution >= 4 is 5.91 Å². The van der Waals surface area contributed by atoms with E-state index in [1.54, 1.807) is 23.0 Å². The first-order chi connectivity index (χ1) is 14.9. The van der Waals surface area contributed by atoms with Gasteiger partial charge in [0.2, 0.25) is 0 Å². The largest absolute Gasteiger partial charge is 0.334 e. The molecule has 0 bridgehead atoms. The SMILES string of the molecule is CC(c1ccc(-n2cncn2)cc1)N(C)C(=O)c1ccc(=O)n(-c2ccc(F)cc2)n1. The predicted octanol–water partition coefficient (Wildman–Crippen LogP) is 2.79. The number of nitrogens with zero attached hydrogens (tertiary/aromatic N) is 6. The molecule has 2 heterocycles. The predicted molar refractivity (Wildman–Crippen MR) is 112 cm³/mol. The van der Waals surface area contributed by atoms with E-state index in [0.29, 0.717) is 5.69 Å². The van der Waals surface area contributed by atoms with Gasteiger partial charge in [0.1, 0.15) is 24.2 Å². The van der Waals surface area contributed by atoms with Gasteiger partial charge < -0.3 is 4.90 Å². The molecule has 0 aliphatic rings. The molecule has 0 fully saturated rings. The molecule has 1 atom stereocenters. The summed E-state index contributed by atoms with van der Waals surface area (Å²) in [5.74, 6) is -0.767. The van der Waals surface area contributed by atoms with Gasteiger partial charge in [-0.1, -0.05) is 12.1 Å². The summed E-state index contributed by atoms with van der Waals surface area (Å²) < 4.78 is 15.9. The number of carbonyl (C=O) groups is 1. The summed E-state index contributed by atoms with van der Waals surface area (Å²) >= 11 is 0. The van der Waals surface area contributed by atoms with Crippen LogP contribution < -0.4 is 5.56 Å². The Morgan fingerprint density at radius 1 is 1.00 bits per heavy atom. The number of rotatable bonds is 5. The monoisotopic (exact) mass is 418 g/mol. The molecule has 4 aromatic rings. The maximum Gasteiger partial charge on any atom is 0.274 e. The average molecular weight is 418 g/mol. The van der Waals surface area contributed by atoms with E-state index in [4.69, 9.17) is 0 Å². The molecule has 0 radical (unpaired) electrons. The number of hydrogen-bond acceptors (Lipinski definition) is 5. The van der Waals surface area contributed by atoms with Crippen LogP contribution in [0.1, 0.15) is 29.0 Å². The Morgan fingerprint density at radius 3 is 2.32 bits per heavy atom. The van der Waals surface area contributed by atoms with Crippen molar-refractivity contribution in [2.24, 2.45) is 0 Å². The van der Waals surface area contributed by atoms with Gasteiger partial charge in [0, 0.05) is 13.1 Å². The van der Waals surface area contributed by atoms with Gasteiger partial charge in [-0.3, -0.25) is 9.59 Å². The Morgan fingerprint density at radius 2 is 1.68 bits per heavy atom. The Kier molecular flexibility index (Phi) is 5.40. The number of hydrogen-bond donors (Lipinski definition) is 0. The van der Waals surface area contributed by atoms with E-state index < -0.39 is 11.4 Å². The van der Waals surface area contributed by atoms with E-state index in [-0.39, 0.29) is 17.6 Å². The van der Waals surface area contributed by atoms with Gasteiger partial charge in [-0.25, -0.2) is 14.1 Å². The summed E-state index contributed by atoms with van der Waals surface area (Å²) in [6, 6.07) is 15.4. The Hall–Kier alpha value is -4.14. The molecule has 9 heteroatoms. The molecule has 0 spiro atoms. The lowest BCUT2D eigenvalue weighted by molar-refractivity contribution is 0.0734. The van der Waals surface area contributed by atoms with E-state index in [2.05, 4.69) is 15.2 Å². The van der Waals surface area contributed by atoms with Crippen molar-refractivity contribution in [1.29, 1.82) is 0 Å². The van der Waals surface area contributed by atoms with Gasteiger partial charge in [-0.15, -0.1) is 0 Å². The first-order valence-corrected chi connectivity index (χ1v) is 9.52. The first-order valence-electron chi connectivity index (χ1n) is 9.52. The van der Waals surface area contributed by atoms with E-state index in [1.165, 1.54) is 42.7 Å². The highest BCUT2D eigenvalue weighted by Gasteiger charge is 2.21. The van der Waals surface area contributed by atoms with E-state index >= 15 is 0 Å². The van der Waals surface area contributed by atoms with Gasteiger partial charge in [-0.2, -0.15) is 14.9 Å². The summed E-state index contributed by atoms with van der Waals surface area (Å²) in [5, 5.41) is 8.28. The van der Waals surface area contributed by atoms with Crippen molar-refractivity contribution in [2.75, 3.05) is 7.05 Å². The van der Waals surface area contributed by atoms with Gasteiger partial charge in [0.15, 0.2) is 0 Å². The third kappa shape index (κ3) is 4.11. The summed E-state index contributed by atoms with van der Waals surface area (Å²) in [7, 11) is 1.67. The zero-order chi connectivity index (χ0) is 22.0. The average Bonchev–Trinajstić information content (AvgIpc) is 3.34. The molecule has 156 valence electrons. The van der Waals surface area contributed by atoms with Crippen LogP contribution in [0.4, 0.5) is 4.39 Å². The smallest absolute Gasteiger partial charge is 0.274 e. The summed E-state index contributed by atoms with van der Waals surface area (Å²) in [6.07, 6.45) is 3.07. The number of amides is 1. The minimum Gasteiger partial charge on any atom is -0.334 e. The highest BCUT2D eigenvalue weighted by molar-refractivity contribution is 5.92. The van der Waals surface area contributed by atoms with Gasteiger partial charge in [0.05, 0.1) is 17.4 Å². The van der Waals surface area contributed by atoms with E-state index in [1.807, 2.05) is 31.2 Å².